The van der Waals surface area contributed by atoms with Crippen molar-refractivity contribution in [1.82, 2.24) is 16.2 Å². The maximum atomic E-state index is 11.4. The van der Waals surface area contributed by atoms with Gasteiger partial charge in [-0.15, -0.1) is 0 Å². The molecule has 6 heteroatoms. The van der Waals surface area contributed by atoms with Crippen molar-refractivity contribution >= 4 is 17.7 Å². The number of amides is 3. The van der Waals surface area contributed by atoms with Gasteiger partial charge in [0.05, 0.1) is 0 Å². The topological polar surface area (TPSA) is 87.3 Å². The second kappa shape index (κ2) is 3.88. The van der Waals surface area contributed by atoms with Crippen LogP contribution in [0.2, 0.25) is 0 Å². The van der Waals surface area contributed by atoms with E-state index < -0.39 is 17.7 Å². The Labute approximate surface area is 87.8 Å². The van der Waals surface area contributed by atoms with E-state index in [4.69, 9.17) is 0 Å². The van der Waals surface area contributed by atoms with Crippen molar-refractivity contribution < 1.29 is 14.4 Å². The molecule has 0 aliphatic carbocycles. The lowest BCUT2D eigenvalue weighted by Crippen LogP contribution is -2.42. The monoisotopic (exact) mass is 213 g/mol. The molecule has 1 rings (SSSR count). The molecule has 6 nitrogen and oxygen atoms in total. The maximum absolute atomic E-state index is 11.4. The van der Waals surface area contributed by atoms with Gasteiger partial charge in [0.2, 0.25) is 5.91 Å². The summed E-state index contributed by atoms with van der Waals surface area (Å²) in [6.45, 7) is 5.50. The molecule has 0 unspecified atom stereocenters. The fourth-order valence-corrected chi connectivity index (χ4v) is 1.26. The smallest absolute Gasteiger partial charge is 0.251 e. The van der Waals surface area contributed by atoms with Crippen LogP contribution in [0, 0.1) is 5.92 Å². The van der Waals surface area contributed by atoms with Gasteiger partial charge in [-0.2, -0.15) is 0 Å². The summed E-state index contributed by atoms with van der Waals surface area (Å²) in [5.74, 6) is -2.12. The van der Waals surface area contributed by atoms with E-state index in [1.807, 2.05) is 20.8 Å². The van der Waals surface area contributed by atoms with Crippen molar-refractivity contribution in [3.05, 3.63) is 0 Å². The Morgan fingerprint density at radius 1 is 1.27 bits per heavy atom. The second-order valence-corrected chi connectivity index (χ2v) is 4.53. The first-order valence-corrected chi connectivity index (χ1v) is 4.70. The number of hydrogen-bond donors (Lipinski definition) is 3. The molecule has 3 amide bonds. The van der Waals surface area contributed by atoms with Crippen LogP contribution in [0.25, 0.3) is 0 Å². The van der Waals surface area contributed by atoms with E-state index in [-0.39, 0.29) is 17.9 Å². The summed E-state index contributed by atoms with van der Waals surface area (Å²) in [5.41, 5.74) is 3.98. The highest BCUT2D eigenvalue weighted by molar-refractivity contribution is 6.07. The highest BCUT2D eigenvalue weighted by Gasteiger charge is 2.35. The van der Waals surface area contributed by atoms with E-state index in [2.05, 4.69) is 16.2 Å². The Balaban J connectivity index is 2.51. The molecule has 0 saturated carbocycles. The van der Waals surface area contributed by atoms with Gasteiger partial charge in [0, 0.05) is 12.0 Å². The van der Waals surface area contributed by atoms with Crippen LogP contribution in [0.1, 0.15) is 27.2 Å². The molecule has 0 aromatic carbocycles. The first kappa shape index (κ1) is 11.5. The van der Waals surface area contributed by atoms with Gasteiger partial charge in [-0.25, -0.2) is 0 Å². The molecule has 1 fully saturated rings. The fraction of sp³-hybridized carbons (Fsp3) is 0.667. The molecule has 0 bridgehead atoms. The van der Waals surface area contributed by atoms with E-state index >= 15 is 0 Å². The quantitative estimate of drug-likeness (QED) is 0.518. The zero-order valence-electron chi connectivity index (χ0n) is 9.01. The predicted octanol–water partition coefficient (Wildman–Crippen LogP) is -0.932. The zero-order chi connectivity index (χ0) is 11.6. The number of carbonyl (C=O) groups excluding carboxylic acids is 3. The molecule has 15 heavy (non-hydrogen) atoms. The van der Waals surface area contributed by atoms with Gasteiger partial charge in [-0.05, 0) is 20.8 Å². The van der Waals surface area contributed by atoms with Gasteiger partial charge in [0.25, 0.3) is 11.8 Å². The average Bonchev–Trinajstić information content (AvgIpc) is 2.32. The van der Waals surface area contributed by atoms with E-state index in [0.29, 0.717) is 0 Å². The molecule has 0 aromatic heterocycles. The largest absolute Gasteiger partial charge is 0.351 e. The van der Waals surface area contributed by atoms with Gasteiger partial charge in [-0.1, -0.05) is 0 Å². The standard InChI is InChI=1S/C9H15N3O3/c1-9(2,3)10-6(13)4-5-7(14)11-12-8(5)15/h5H,4H2,1-3H3,(H,10,13)(H,11,14)(H,12,15). The number of nitrogens with one attached hydrogen (secondary N) is 3. The molecule has 1 aliphatic heterocycles. The van der Waals surface area contributed by atoms with Crippen LogP contribution in [-0.2, 0) is 14.4 Å². The lowest BCUT2D eigenvalue weighted by atomic mass is 10.0. The van der Waals surface area contributed by atoms with Crippen molar-refractivity contribution in [2.45, 2.75) is 32.7 Å². The average molecular weight is 213 g/mol. The highest BCUT2D eigenvalue weighted by atomic mass is 16.2. The number of carbonyl (C=O) groups is 3. The Morgan fingerprint density at radius 2 is 1.73 bits per heavy atom. The third-order valence-corrected chi connectivity index (χ3v) is 1.85. The molecular formula is C9H15N3O3. The van der Waals surface area contributed by atoms with Crippen LogP contribution < -0.4 is 16.2 Å². The van der Waals surface area contributed by atoms with Gasteiger partial charge in [0.1, 0.15) is 5.92 Å². The summed E-state index contributed by atoms with van der Waals surface area (Å²) in [7, 11) is 0. The van der Waals surface area contributed by atoms with Gasteiger partial charge in [-0.3, -0.25) is 25.2 Å². The normalized spacial score (nSPS) is 17.3. The third-order valence-electron chi connectivity index (χ3n) is 1.85. The zero-order valence-corrected chi connectivity index (χ0v) is 9.01. The van der Waals surface area contributed by atoms with Gasteiger partial charge in [0.15, 0.2) is 0 Å². The minimum atomic E-state index is -0.910. The number of rotatable bonds is 2. The minimum absolute atomic E-state index is 0.116. The van der Waals surface area contributed by atoms with Gasteiger partial charge < -0.3 is 5.32 Å². The Morgan fingerprint density at radius 3 is 2.13 bits per heavy atom. The SMILES string of the molecule is CC(C)(C)NC(=O)CC1C(=O)NNC1=O. The lowest BCUT2D eigenvalue weighted by molar-refractivity contribution is -0.133. The molecule has 3 N–H and O–H groups in total. The van der Waals surface area contributed by atoms with Crippen molar-refractivity contribution in [2.24, 2.45) is 5.92 Å². The summed E-state index contributed by atoms with van der Waals surface area (Å²) in [4.78, 5) is 33.7. The van der Waals surface area contributed by atoms with Crippen molar-refractivity contribution in [3.8, 4) is 0 Å². The van der Waals surface area contributed by atoms with Gasteiger partial charge >= 0.3 is 0 Å². The van der Waals surface area contributed by atoms with E-state index in [1.54, 1.807) is 0 Å². The Hall–Kier alpha value is -1.59. The van der Waals surface area contributed by atoms with Crippen molar-refractivity contribution in [1.29, 1.82) is 0 Å². The number of hydrogen-bond acceptors (Lipinski definition) is 3. The van der Waals surface area contributed by atoms with Crippen molar-refractivity contribution in [2.75, 3.05) is 0 Å². The van der Waals surface area contributed by atoms with Crippen molar-refractivity contribution in [3.63, 3.8) is 0 Å². The summed E-state index contributed by atoms with van der Waals surface area (Å²) < 4.78 is 0. The molecule has 84 valence electrons. The fourth-order valence-electron chi connectivity index (χ4n) is 1.26. The Kier molecular flexibility index (Phi) is 2.97. The van der Waals surface area contributed by atoms with E-state index in [1.165, 1.54) is 0 Å². The number of hydrazine groups is 1. The molecule has 1 saturated heterocycles. The third kappa shape index (κ3) is 3.23. The van der Waals surface area contributed by atoms with Crippen LogP contribution in [-0.4, -0.2) is 23.3 Å². The molecule has 1 aliphatic rings. The highest BCUT2D eigenvalue weighted by Crippen LogP contribution is 2.09. The van der Waals surface area contributed by atoms with Crippen LogP contribution >= 0.6 is 0 Å². The van der Waals surface area contributed by atoms with Crippen LogP contribution in [0.3, 0.4) is 0 Å². The second-order valence-electron chi connectivity index (χ2n) is 4.53. The summed E-state index contributed by atoms with van der Waals surface area (Å²) in [6, 6.07) is 0. The predicted molar refractivity (Wildman–Crippen MR) is 52.3 cm³/mol. The molecule has 1 heterocycles. The summed E-state index contributed by atoms with van der Waals surface area (Å²) >= 11 is 0. The summed E-state index contributed by atoms with van der Waals surface area (Å²) in [5, 5.41) is 2.69. The molecule has 0 radical (unpaired) electrons. The minimum Gasteiger partial charge on any atom is -0.351 e. The molecule has 0 atom stereocenters. The summed E-state index contributed by atoms with van der Waals surface area (Å²) in [6.07, 6.45) is -0.116. The Bertz CT molecular complexity index is 290. The molecule has 0 aromatic rings. The first-order chi connectivity index (χ1) is 6.79. The molecular weight excluding hydrogens is 198 g/mol. The first-order valence-electron chi connectivity index (χ1n) is 4.70. The van der Waals surface area contributed by atoms with Crippen LogP contribution in [0.5, 0.6) is 0 Å². The van der Waals surface area contributed by atoms with E-state index in [0.717, 1.165) is 0 Å². The maximum Gasteiger partial charge on any atom is 0.251 e. The van der Waals surface area contributed by atoms with Crippen LogP contribution in [0.15, 0.2) is 0 Å². The van der Waals surface area contributed by atoms with Crippen LogP contribution in [0.4, 0.5) is 0 Å². The lowest BCUT2D eigenvalue weighted by Gasteiger charge is -2.20. The molecule has 0 spiro atoms. The van der Waals surface area contributed by atoms with E-state index in [9.17, 15) is 14.4 Å².